The molecule has 1 aliphatic carbocycles. The molecule has 2 aliphatic rings. The molecular weight excluding hydrogens is 499 g/mol. The van der Waals surface area contributed by atoms with Crippen LogP contribution in [-0.4, -0.2) is 37.0 Å². The highest BCUT2D eigenvalue weighted by Gasteiger charge is 2.57. The number of rotatable bonds is 8. The standard InChI is InChI=1S/C30H27FN4O4/c1-38-27-18-24-23(17-25(27)34-15-2-16-34)26(11-14-33-24)39-22-9-7-21(8-10-22)35(20-5-3-19(31)4-6-20)29(37)30(12-13-30)28(32)36/h3-11,14,17-18H,2,12-13,15-16H2,1H3,(H2,32,36). The van der Waals surface area contributed by atoms with Crippen LogP contribution in [0.3, 0.4) is 0 Å². The van der Waals surface area contributed by atoms with Crippen molar-refractivity contribution in [1.82, 2.24) is 4.98 Å². The normalized spacial score (nSPS) is 15.4. The molecule has 1 saturated carbocycles. The van der Waals surface area contributed by atoms with Gasteiger partial charge in [0.1, 0.15) is 28.5 Å². The zero-order chi connectivity index (χ0) is 27.1. The van der Waals surface area contributed by atoms with Crippen LogP contribution in [0.5, 0.6) is 17.2 Å². The molecule has 2 fully saturated rings. The zero-order valence-corrected chi connectivity index (χ0v) is 21.4. The second kappa shape index (κ2) is 9.58. The summed E-state index contributed by atoms with van der Waals surface area (Å²) in [5.74, 6) is 0.446. The Morgan fingerprint density at radius 2 is 1.64 bits per heavy atom. The molecule has 4 aromatic rings. The van der Waals surface area contributed by atoms with Crippen LogP contribution in [-0.2, 0) is 9.59 Å². The second-order valence-electron chi connectivity index (χ2n) is 9.85. The molecule has 1 aliphatic heterocycles. The average molecular weight is 527 g/mol. The lowest BCUT2D eigenvalue weighted by Crippen LogP contribution is -2.41. The summed E-state index contributed by atoms with van der Waals surface area (Å²) in [5, 5.41) is 0.851. The Morgan fingerprint density at radius 3 is 2.21 bits per heavy atom. The maximum Gasteiger partial charge on any atom is 0.247 e. The molecule has 2 heterocycles. The first-order valence-electron chi connectivity index (χ1n) is 12.8. The lowest BCUT2D eigenvalue weighted by Gasteiger charge is -2.34. The van der Waals surface area contributed by atoms with Crippen LogP contribution in [0.15, 0.2) is 72.9 Å². The van der Waals surface area contributed by atoms with Crippen LogP contribution in [0.4, 0.5) is 21.5 Å². The van der Waals surface area contributed by atoms with E-state index in [1.807, 2.05) is 12.1 Å². The van der Waals surface area contributed by atoms with Gasteiger partial charge in [-0.05, 0) is 79.9 Å². The van der Waals surface area contributed by atoms with Crippen LogP contribution in [0, 0.1) is 11.2 Å². The summed E-state index contributed by atoms with van der Waals surface area (Å²) in [5.41, 5.74) is 7.04. The molecule has 6 rings (SSSR count). The number of amides is 2. The van der Waals surface area contributed by atoms with Crippen molar-refractivity contribution in [3.8, 4) is 17.2 Å². The molecule has 1 saturated heterocycles. The fourth-order valence-electron chi connectivity index (χ4n) is 4.86. The number of hydrogen-bond donors (Lipinski definition) is 1. The Bertz CT molecular complexity index is 1560. The smallest absolute Gasteiger partial charge is 0.247 e. The van der Waals surface area contributed by atoms with Gasteiger partial charge in [-0.15, -0.1) is 0 Å². The van der Waals surface area contributed by atoms with Gasteiger partial charge in [0.25, 0.3) is 0 Å². The number of halogens is 1. The van der Waals surface area contributed by atoms with Gasteiger partial charge in [-0.25, -0.2) is 4.39 Å². The lowest BCUT2D eigenvalue weighted by molar-refractivity contribution is -0.133. The Hall–Kier alpha value is -4.66. The van der Waals surface area contributed by atoms with Crippen molar-refractivity contribution in [2.75, 3.05) is 30.0 Å². The topological polar surface area (TPSA) is 98.0 Å². The van der Waals surface area contributed by atoms with E-state index in [4.69, 9.17) is 15.2 Å². The number of carbonyl (C=O) groups excluding carboxylic acids is 2. The Labute approximate surface area is 224 Å². The Morgan fingerprint density at radius 1 is 0.974 bits per heavy atom. The van der Waals surface area contributed by atoms with E-state index in [9.17, 15) is 14.0 Å². The van der Waals surface area contributed by atoms with Gasteiger partial charge in [0.15, 0.2) is 0 Å². The SMILES string of the molecule is COc1cc2nccc(Oc3ccc(N(C(=O)C4(C(N)=O)CC4)c4ccc(F)cc4)cc3)c2cc1N1CCC1. The van der Waals surface area contributed by atoms with E-state index in [1.54, 1.807) is 43.6 Å². The minimum atomic E-state index is -1.24. The number of ether oxygens (including phenoxy) is 2. The molecule has 9 heteroatoms. The first kappa shape index (κ1) is 24.7. The van der Waals surface area contributed by atoms with Crippen molar-refractivity contribution < 1.29 is 23.5 Å². The van der Waals surface area contributed by atoms with Gasteiger partial charge in [0.2, 0.25) is 11.8 Å². The molecule has 1 aromatic heterocycles. The molecule has 0 unspecified atom stereocenters. The van der Waals surface area contributed by atoms with Crippen molar-refractivity contribution >= 4 is 39.8 Å². The predicted molar refractivity (Wildman–Crippen MR) is 146 cm³/mol. The van der Waals surface area contributed by atoms with Gasteiger partial charge in [-0.2, -0.15) is 0 Å². The van der Waals surface area contributed by atoms with E-state index in [0.717, 1.165) is 41.9 Å². The van der Waals surface area contributed by atoms with Gasteiger partial charge in [-0.3, -0.25) is 19.5 Å². The van der Waals surface area contributed by atoms with Gasteiger partial charge < -0.3 is 20.1 Å². The molecule has 0 radical (unpaired) electrons. The summed E-state index contributed by atoms with van der Waals surface area (Å²) >= 11 is 0. The first-order valence-corrected chi connectivity index (χ1v) is 12.8. The largest absolute Gasteiger partial charge is 0.495 e. The Kier molecular flexibility index (Phi) is 6.06. The maximum atomic E-state index is 13.6. The molecule has 39 heavy (non-hydrogen) atoms. The summed E-state index contributed by atoms with van der Waals surface area (Å²) in [6.07, 6.45) is 3.60. The van der Waals surface area contributed by atoms with E-state index in [0.29, 0.717) is 35.7 Å². The zero-order valence-electron chi connectivity index (χ0n) is 21.4. The number of nitrogens with two attached hydrogens (primary N) is 1. The average Bonchev–Trinajstić information content (AvgIpc) is 3.72. The maximum absolute atomic E-state index is 13.6. The van der Waals surface area contributed by atoms with Gasteiger partial charge in [-0.1, -0.05) is 0 Å². The fraction of sp³-hybridized carbons (Fsp3) is 0.233. The van der Waals surface area contributed by atoms with E-state index in [2.05, 4.69) is 9.88 Å². The number of aromatic nitrogens is 1. The van der Waals surface area contributed by atoms with Crippen molar-refractivity contribution in [3.05, 3.63) is 78.7 Å². The number of nitrogens with zero attached hydrogens (tertiary/aromatic N) is 3. The van der Waals surface area contributed by atoms with Crippen LogP contribution >= 0.6 is 0 Å². The number of pyridine rings is 1. The van der Waals surface area contributed by atoms with Crippen LogP contribution in [0.2, 0.25) is 0 Å². The number of anilines is 3. The number of benzene rings is 3. The monoisotopic (exact) mass is 526 g/mol. The molecule has 198 valence electrons. The molecule has 2 amide bonds. The first-order chi connectivity index (χ1) is 18.9. The molecule has 0 atom stereocenters. The molecule has 0 spiro atoms. The molecule has 2 N–H and O–H groups in total. The van der Waals surface area contributed by atoms with E-state index >= 15 is 0 Å². The number of carbonyl (C=O) groups is 2. The quantitative estimate of drug-likeness (QED) is 0.312. The van der Waals surface area contributed by atoms with Crippen molar-refractivity contribution in [2.24, 2.45) is 11.1 Å². The second-order valence-corrected chi connectivity index (χ2v) is 9.85. The minimum absolute atomic E-state index is 0.388. The number of primary amides is 1. The van der Waals surface area contributed by atoms with E-state index < -0.39 is 23.0 Å². The fourth-order valence-corrected chi connectivity index (χ4v) is 4.86. The summed E-state index contributed by atoms with van der Waals surface area (Å²) in [6.45, 7) is 1.94. The minimum Gasteiger partial charge on any atom is -0.495 e. The highest BCUT2D eigenvalue weighted by atomic mass is 19.1. The van der Waals surface area contributed by atoms with Crippen LogP contribution in [0.1, 0.15) is 19.3 Å². The number of hydrogen-bond acceptors (Lipinski definition) is 6. The van der Waals surface area contributed by atoms with Crippen LogP contribution < -0.4 is 25.0 Å². The number of fused-ring (bicyclic) bond motifs is 1. The number of methoxy groups -OCH3 is 1. The predicted octanol–water partition coefficient (Wildman–Crippen LogP) is 5.32. The van der Waals surface area contributed by atoms with Gasteiger partial charge in [0.05, 0.1) is 18.3 Å². The van der Waals surface area contributed by atoms with E-state index in [1.165, 1.54) is 29.2 Å². The highest BCUT2D eigenvalue weighted by molar-refractivity contribution is 6.16. The molecular formula is C30H27FN4O4. The third-order valence-corrected chi connectivity index (χ3v) is 7.44. The third kappa shape index (κ3) is 4.39. The Balaban J connectivity index is 1.32. The lowest BCUT2D eigenvalue weighted by atomic mass is 10.0. The van der Waals surface area contributed by atoms with Crippen molar-refractivity contribution in [2.45, 2.75) is 19.3 Å². The summed E-state index contributed by atoms with van der Waals surface area (Å²) in [6, 6.07) is 18.3. The van der Waals surface area contributed by atoms with E-state index in [-0.39, 0.29) is 0 Å². The van der Waals surface area contributed by atoms with Crippen molar-refractivity contribution in [1.29, 1.82) is 0 Å². The summed E-state index contributed by atoms with van der Waals surface area (Å²) in [4.78, 5) is 33.8. The molecule has 3 aromatic carbocycles. The molecule has 8 nitrogen and oxygen atoms in total. The molecule has 0 bridgehead atoms. The third-order valence-electron chi connectivity index (χ3n) is 7.44. The van der Waals surface area contributed by atoms with Crippen LogP contribution in [0.25, 0.3) is 10.9 Å². The van der Waals surface area contributed by atoms with Gasteiger partial charge >= 0.3 is 0 Å². The summed E-state index contributed by atoms with van der Waals surface area (Å²) in [7, 11) is 1.65. The summed E-state index contributed by atoms with van der Waals surface area (Å²) < 4.78 is 25.5. The van der Waals surface area contributed by atoms with Crippen molar-refractivity contribution in [3.63, 3.8) is 0 Å². The highest BCUT2D eigenvalue weighted by Crippen LogP contribution is 2.49. The van der Waals surface area contributed by atoms with Gasteiger partial charge in [0, 0.05) is 42.1 Å².